The van der Waals surface area contributed by atoms with E-state index in [0.29, 0.717) is 5.16 Å². The van der Waals surface area contributed by atoms with Crippen molar-refractivity contribution in [2.45, 2.75) is 36.2 Å². The molecule has 6 nitrogen and oxygen atoms in total. The van der Waals surface area contributed by atoms with Crippen LogP contribution in [0.5, 0.6) is 0 Å². The van der Waals surface area contributed by atoms with E-state index in [1.165, 1.54) is 11.8 Å². The number of aromatic amines is 1. The van der Waals surface area contributed by atoms with E-state index in [2.05, 4.69) is 15.5 Å². The van der Waals surface area contributed by atoms with Crippen LogP contribution in [0.25, 0.3) is 0 Å². The molecule has 1 aliphatic carbocycles. The molecule has 1 atom stereocenters. The number of carbonyl (C=O) groups is 1. The van der Waals surface area contributed by atoms with Crippen LogP contribution in [0, 0.1) is 0 Å². The maximum Gasteiger partial charge on any atom is 0.344 e. The highest BCUT2D eigenvalue weighted by atomic mass is 32.2. The number of nitrogens with zero attached hydrogens (tertiary/aromatic N) is 2. The van der Waals surface area contributed by atoms with E-state index in [1.54, 1.807) is 11.5 Å². The van der Waals surface area contributed by atoms with Gasteiger partial charge in [-0.05, 0) is 31.9 Å². The minimum Gasteiger partial charge on any atom is -0.325 e. The van der Waals surface area contributed by atoms with Crippen molar-refractivity contribution in [2.75, 3.05) is 5.32 Å². The maximum absolute atomic E-state index is 12.2. The summed E-state index contributed by atoms with van der Waals surface area (Å²) in [5, 5.41) is 9.57. The van der Waals surface area contributed by atoms with Gasteiger partial charge in [-0.15, -0.1) is 5.10 Å². The molecule has 2 N–H and O–H groups in total. The maximum atomic E-state index is 12.2. The van der Waals surface area contributed by atoms with E-state index in [1.807, 2.05) is 30.3 Å². The lowest BCUT2D eigenvalue weighted by atomic mass is 10.3. The Morgan fingerprint density at radius 1 is 1.43 bits per heavy atom. The number of carbonyl (C=O) groups excluding carboxylic acids is 1. The normalized spacial score (nSPS) is 15.7. The average molecular weight is 304 g/mol. The molecule has 0 spiro atoms. The Kier molecular flexibility index (Phi) is 3.83. The Morgan fingerprint density at radius 3 is 2.81 bits per heavy atom. The summed E-state index contributed by atoms with van der Waals surface area (Å²) in [5.74, 6) is -0.107. The zero-order valence-electron chi connectivity index (χ0n) is 11.6. The number of anilines is 1. The molecule has 1 heterocycles. The molecule has 110 valence electrons. The number of hydrogen-bond donors (Lipinski definition) is 2. The number of hydrogen-bond acceptors (Lipinski definition) is 4. The first-order valence-corrected chi connectivity index (χ1v) is 7.72. The number of aromatic nitrogens is 3. The topological polar surface area (TPSA) is 79.8 Å². The van der Waals surface area contributed by atoms with E-state index >= 15 is 0 Å². The fourth-order valence-corrected chi connectivity index (χ4v) is 2.93. The van der Waals surface area contributed by atoms with Crippen molar-refractivity contribution < 1.29 is 4.79 Å². The first-order valence-electron chi connectivity index (χ1n) is 6.84. The predicted molar refractivity (Wildman–Crippen MR) is 81.5 cm³/mol. The SMILES string of the molecule is C[C@@H](Sc1n[nH]c(=O)n1C1CC1)C(=O)Nc1ccccc1. The van der Waals surface area contributed by atoms with Crippen molar-refractivity contribution in [3.05, 3.63) is 40.8 Å². The molecule has 1 aromatic heterocycles. The fourth-order valence-electron chi connectivity index (χ4n) is 2.01. The lowest BCUT2D eigenvalue weighted by molar-refractivity contribution is -0.115. The van der Waals surface area contributed by atoms with Crippen LogP contribution in [0.2, 0.25) is 0 Å². The predicted octanol–water partition coefficient (Wildman–Crippen LogP) is 2.03. The van der Waals surface area contributed by atoms with Gasteiger partial charge in [-0.2, -0.15) is 0 Å². The van der Waals surface area contributed by atoms with Crippen molar-refractivity contribution in [2.24, 2.45) is 0 Å². The molecule has 1 aromatic carbocycles. The van der Waals surface area contributed by atoms with E-state index in [9.17, 15) is 9.59 Å². The fraction of sp³-hybridized carbons (Fsp3) is 0.357. The van der Waals surface area contributed by atoms with Crippen LogP contribution in [0.4, 0.5) is 5.69 Å². The summed E-state index contributed by atoms with van der Waals surface area (Å²) < 4.78 is 1.65. The standard InChI is InChI=1S/C14H16N4O2S/c1-9(12(19)15-10-5-3-2-4-6-10)21-14-17-16-13(20)18(14)11-7-8-11/h2-6,9,11H,7-8H2,1H3,(H,15,19)(H,16,20)/t9-/m1/s1. The summed E-state index contributed by atoms with van der Waals surface area (Å²) in [6.07, 6.45) is 2.00. The molecule has 0 unspecified atom stereocenters. The summed E-state index contributed by atoms with van der Waals surface area (Å²) >= 11 is 1.30. The Bertz CT molecular complexity index is 690. The summed E-state index contributed by atoms with van der Waals surface area (Å²) in [4.78, 5) is 23.9. The van der Waals surface area contributed by atoms with Crippen LogP contribution >= 0.6 is 11.8 Å². The largest absolute Gasteiger partial charge is 0.344 e. The number of rotatable bonds is 5. The molecular formula is C14H16N4O2S. The third-order valence-corrected chi connectivity index (χ3v) is 4.34. The second-order valence-corrected chi connectivity index (χ2v) is 6.34. The Hall–Kier alpha value is -2.02. The van der Waals surface area contributed by atoms with E-state index in [0.717, 1.165) is 18.5 Å². The van der Waals surface area contributed by atoms with Crippen LogP contribution in [0.3, 0.4) is 0 Å². The van der Waals surface area contributed by atoms with Crippen LogP contribution in [0.15, 0.2) is 40.3 Å². The summed E-state index contributed by atoms with van der Waals surface area (Å²) in [6, 6.07) is 9.54. The van der Waals surface area contributed by atoms with E-state index < -0.39 is 0 Å². The van der Waals surface area contributed by atoms with Crippen molar-refractivity contribution >= 4 is 23.4 Å². The number of thioether (sulfide) groups is 1. The molecular weight excluding hydrogens is 288 g/mol. The molecule has 2 aromatic rings. The highest BCUT2D eigenvalue weighted by Gasteiger charge is 2.30. The van der Waals surface area contributed by atoms with Gasteiger partial charge in [0.05, 0.1) is 5.25 Å². The molecule has 1 aliphatic rings. The third kappa shape index (κ3) is 3.18. The molecule has 7 heteroatoms. The number of para-hydroxylation sites is 1. The van der Waals surface area contributed by atoms with E-state index in [4.69, 9.17) is 0 Å². The molecule has 0 saturated heterocycles. The highest BCUT2D eigenvalue weighted by Crippen LogP contribution is 2.36. The lowest BCUT2D eigenvalue weighted by Gasteiger charge is -2.11. The molecule has 1 fully saturated rings. The lowest BCUT2D eigenvalue weighted by Crippen LogP contribution is -2.23. The van der Waals surface area contributed by atoms with Gasteiger partial charge in [0.1, 0.15) is 0 Å². The van der Waals surface area contributed by atoms with Crippen molar-refractivity contribution in [3.63, 3.8) is 0 Å². The quantitative estimate of drug-likeness (QED) is 0.828. The number of H-pyrrole nitrogens is 1. The van der Waals surface area contributed by atoms with Crippen LogP contribution in [0.1, 0.15) is 25.8 Å². The summed E-state index contributed by atoms with van der Waals surface area (Å²) in [5.41, 5.74) is 0.562. The van der Waals surface area contributed by atoms with Crippen LogP contribution < -0.4 is 11.0 Å². The summed E-state index contributed by atoms with van der Waals surface area (Å²) in [7, 11) is 0. The van der Waals surface area contributed by atoms with Crippen LogP contribution in [-0.2, 0) is 4.79 Å². The first kappa shape index (κ1) is 13.9. The van der Waals surface area contributed by atoms with Gasteiger partial charge in [-0.25, -0.2) is 9.89 Å². The van der Waals surface area contributed by atoms with Crippen molar-refractivity contribution in [1.29, 1.82) is 0 Å². The Balaban J connectivity index is 1.67. The minimum absolute atomic E-state index is 0.107. The number of nitrogens with one attached hydrogen (secondary N) is 2. The molecule has 1 saturated carbocycles. The molecule has 21 heavy (non-hydrogen) atoms. The number of benzene rings is 1. The molecule has 0 aliphatic heterocycles. The second kappa shape index (κ2) is 5.77. The number of amides is 1. The summed E-state index contributed by atoms with van der Waals surface area (Å²) in [6.45, 7) is 1.80. The second-order valence-electron chi connectivity index (χ2n) is 5.03. The monoisotopic (exact) mass is 304 g/mol. The van der Waals surface area contributed by atoms with Crippen LogP contribution in [-0.4, -0.2) is 25.9 Å². The first-order chi connectivity index (χ1) is 10.1. The highest BCUT2D eigenvalue weighted by molar-refractivity contribution is 8.00. The minimum atomic E-state index is -0.335. The van der Waals surface area contributed by atoms with Gasteiger partial charge in [0, 0.05) is 11.7 Å². The molecule has 0 radical (unpaired) electrons. The molecule has 1 amide bonds. The Labute approximate surface area is 125 Å². The Morgan fingerprint density at radius 2 is 2.14 bits per heavy atom. The van der Waals surface area contributed by atoms with Gasteiger partial charge in [0.15, 0.2) is 5.16 Å². The van der Waals surface area contributed by atoms with Gasteiger partial charge < -0.3 is 5.32 Å². The van der Waals surface area contributed by atoms with Gasteiger partial charge in [-0.1, -0.05) is 30.0 Å². The van der Waals surface area contributed by atoms with E-state index in [-0.39, 0.29) is 22.9 Å². The zero-order chi connectivity index (χ0) is 14.8. The third-order valence-electron chi connectivity index (χ3n) is 3.28. The van der Waals surface area contributed by atoms with Gasteiger partial charge in [0.2, 0.25) is 5.91 Å². The van der Waals surface area contributed by atoms with Crippen molar-refractivity contribution in [3.8, 4) is 0 Å². The molecule has 0 bridgehead atoms. The average Bonchev–Trinajstić information content (AvgIpc) is 3.25. The smallest absolute Gasteiger partial charge is 0.325 e. The zero-order valence-corrected chi connectivity index (χ0v) is 12.4. The van der Waals surface area contributed by atoms with Crippen molar-refractivity contribution in [1.82, 2.24) is 14.8 Å². The van der Waals surface area contributed by atoms with Gasteiger partial charge in [-0.3, -0.25) is 9.36 Å². The van der Waals surface area contributed by atoms with Gasteiger partial charge >= 0.3 is 5.69 Å². The van der Waals surface area contributed by atoms with Gasteiger partial charge in [0.25, 0.3) is 0 Å². The molecule has 3 rings (SSSR count).